The van der Waals surface area contributed by atoms with Crippen LogP contribution in [-0.2, 0) is 10.0 Å². The molecule has 0 amide bonds. The third kappa shape index (κ3) is 3.69. The van der Waals surface area contributed by atoms with E-state index in [2.05, 4.69) is 15.4 Å². The Hall–Kier alpha value is -1.88. The van der Waals surface area contributed by atoms with E-state index in [1.807, 2.05) is 0 Å². The topological polar surface area (TPSA) is 79.6 Å². The normalized spacial score (nSPS) is 29.4. The molecule has 1 aliphatic carbocycles. The minimum Gasteiger partial charge on any atom is -0.347 e. The Labute approximate surface area is 161 Å². The zero-order valence-corrected chi connectivity index (χ0v) is 16.2. The molecule has 4 rings (SSSR count). The average molecular weight is 417 g/mol. The highest BCUT2D eigenvalue weighted by atomic mass is 32.2. The van der Waals surface area contributed by atoms with E-state index < -0.39 is 34.2 Å². The van der Waals surface area contributed by atoms with E-state index >= 15 is 0 Å². The summed E-state index contributed by atoms with van der Waals surface area (Å²) in [5.41, 5.74) is 0.772. The summed E-state index contributed by atoms with van der Waals surface area (Å²) in [6.07, 6.45) is 1.70. The van der Waals surface area contributed by atoms with Crippen LogP contribution in [0.1, 0.15) is 37.3 Å². The third-order valence-electron chi connectivity index (χ3n) is 5.57. The van der Waals surface area contributed by atoms with Gasteiger partial charge in [0.05, 0.1) is 18.5 Å². The van der Waals surface area contributed by atoms with E-state index in [-0.39, 0.29) is 36.9 Å². The maximum atomic E-state index is 14.5. The van der Waals surface area contributed by atoms with Crippen molar-refractivity contribution in [3.05, 3.63) is 23.8 Å². The van der Waals surface area contributed by atoms with Gasteiger partial charge in [-0.25, -0.2) is 31.1 Å². The second kappa shape index (κ2) is 7.18. The molecular weight excluding hydrogens is 395 g/mol. The fraction of sp³-hybridized carbons (Fsp3) is 0.647. The van der Waals surface area contributed by atoms with Gasteiger partial charge in [0, 0.05) is 24.7 Å². The highest BCUT2D eigenvalue weighted by Crippen LogP contribution is 2.37. The molecule has 1 saturated heterocycles. The summed E-state index contributed by atoms with van der Waals surface area (Å²) in [4.78, 5) is 4.06. The van der Waals surface area contributed by atoms with Gasteiger partial charge in [0.25, 0.3) is 0 Å². The van der Waals surface area contributed by atoms with Crippen molar-refractivity contribution in [2.24, 2.45) is 0 Å². The van der Waals surface area contributed by atoms with Crippen molar-refractivity contribution in [2.45, 2.75) is 50.0 Å². The molecular formula is C17H22F3N5O2S. The summed E-state index contributed by atoms with van der Waals surface area (Å²) in [6, 6.07) is 0.708. The zero-order valence-electron chi connectivity index (χ0n) is 15.4. The van der Waals surface area contributed by atoms with Crippen molar-refractivity contribution < 1.29 is 21.6 Å². The molecule has 2 aliphatic rings. The molecule has 0 bridgehead atoms. The quantitative estimate of drug-likeness (QED) is 0.826. The SMILES string of the molecule is CS(=O)(=O)N1CC[C@@H](Nc2ncc3c(F)cc(C4CCC(F)C4)n3n2)[C@H](F)C1. The molecule has 3 heterocycles. The molecule has 2 unspecified atom stereocenters. The molecule has 0 spiro atoms. The smallest absolute Gasteiger partial charge is 0.241 e. The first kappa shape index (κ1) is 19.4. The monoisotopic (exact) mass is 417 g/mol. The van der Waals surface area contributed by atoms with Gasteiger partial charge in [-0.3, -0.25) is 0 Å². The van der Waals surface area contributed by atoms with Crippen LogP contribution in [0, 0.1) is 5.82 Å². The Kier molecular flexibility index (Phi) is 4.98. The van der Waals surface area contributed by atoms with Crippen molar-refractivity contribution >= 4 is 21.5 Å². The van der Waals surface area contributed by atoms with Gasteiger partial charge in [0.15, 0.2) is 5.82 Å². The Bertz CT molecular complexity index is 983. The summed E-state index contributed by atoms with van der Waals surface area (Å²) in [6.45, 7) is -0.0371. The van der Waals surface area contributed by atoms with E-state index in [1.54, 1.807) is 0 Å². The number of sulfonamides is 1. The Balaban J connectivity index is 1.55. The maximum absolute atomic E-state index is 14.5. The molecule has 4 atom stereocenters. The van der Waals surface area contributed by atoms with Gasteiger partial charge in [-0.15, -0.1) is 5.10 Å². The average Bonchev–Trinajstić information content (AvgIpc) is 3.19. The molecule has 1 aliphatic heterocycles. The minimum absolute atomic E-state index is 0.123. The first-order valence-electron chi connectivity index (χ1n) is 9.26. The highest BCUT2D eigenvalue weighted by Gasteiger charge is 2.34. The highest BCUT2D eigenvalue weighted by molar-refractivity contribution is 7.88. The summed E-state index contributed by atoms with van der Waals surface area (Å²) in [5, 5.41) is 7.19. The number of anilines is 1. The Morgan fingerprint density at radius 1 is 1.25 bits per heavy atom. The first-order valence-corrected chi connectivity index (χ1v) is 11.1. The van der Waals surface area contributed by atoms with Gasteiger partial charge in [0.2, 0.25) is 16.0 Å². The van der Waals surface area contributed by atoms with Crippen LogP contribution < -0.4 is 5.32 Å². The molecule has 2 fully saturated rings. The van der Waals surface area contributed by atoms with Crippen LogP contribution in [0.3, 0.4) is 0 Å². The summed E-state index contributed by atoms with van der Waals surface area (Å²) < 4.78 is 67.9. The molecule has 0 aromatic carbocycles. The van der Waals surface area contributed by atoms with Crippen molar-refractivity contribution in [3.8, 4) is 0 Å². The number of nitrogens with one attached hydrogen (secondary N) is 1. The molecule has 28 heavy (non-hydrogen) atoms. The van der Waals surface area contributed by atoms with Crippen LogP contribution >= 0.6 is 0 Å². The fourth-order valence-electron chi connectivity index (χ4n) is 4.03. The van der Waals surface area contributed by atoms with E-state index in [0.717, 1.165) is 10.6 Å². The molecule has 1 N–H and O–H groups in total. The number of hydrogen-bond donors (Lipinski definition) is 1. The minimum atomic E-state index is -3.44. The number of fused-ring (bicyclic) bond motifs is 1. The molecule has 7 nitrogen and oxygen atoms in total. The van der Waals surface area contributed by atoms with Crippen LogP contribution in [-0.4, -0.2) is 65.1 Å². The first-order chi connectivity index (χ1) is 13.2. The molecule has 0 radical (unpaired) electrons. The van der Waals surface area contributed by atoms with Gasteiger partial charge in [-0.2, -0.15) is 4.31 Å². The van der Waals surface area contributed by atoms with Crippen LogP contribution in [0.15, 0.2) is 12.3 Å². The van der Waals surface area contributed by atoms with Crippen molar-refractivity contribution in [2.75, 3.05) is 24.7 Å². The second-order valence-electron chi connectivity index (χ2n) is 7.58. The molecule has 154 valence electrons. The zero-order chi connectivity index (χ0) is 20.1. The number of alkyl halides is 2. The second-order valence-corrected chi connectivity index (χ2v) is 9.56. The van der Waals surface area contributed by atoms with Gasteiger partial charge in [-0.1, -0.05) is 0 Å². The van der Waals surface area contributed by atoms with Gasteiger partial charge in [-0.05, 0) is 31.7 Å². The summed E-state index contributed by atoms with van der Waals surface area (Å²) in [5.74, 6) is -0.477. The van der Waals surface area contributed by atoms with Gasteiger partial charge >= 0.3 is 0 Å². The van der Waals surface area contributed by atoms with Crippen LogP contribution in [0.25, 0.3) is 5.52 Å². The summed E-state index contributed by atoms with van der Waals surface area (Å²) >= 11 is 0. The lowest BCUT2D eigenvalue weighted by Crippen LogP contribution is -2.49. The Morgan fingerprint density at radius 2 is 2.04 bits per heavy atom. The third-order valence-corrected chi connectivity index (χ3v) is 6.84. The van der Waals surface area contributed by atoms with E-state index in [0.29, 0.717) is 25.0 Å². The maximum Gasteiger partial charge on any atom is 0.241 e. The molecule has 1 saturated carbocycles. The lowest BCUT2D eigenvalue weighted by Gasteiger charge is -2.33. The van der Waals surface area contributed by atoms with E-state index in [1.165, 1.54) is 16.8 Å². The predicted octanol–water partition coefficient (Wildman–Crippen LogP) is 2.26. The largest absolute Gasteiger partial charge is 0.347 e. The Morgan fingerprint density at radius 3 is 2.68 bits per heavy atom. The van der Waals surface area contributed by atoms with E-state index in [4.69, 9.17) is 0 Å². The van der Waals surface area contributed by atoms with Crippen LogP contribution in [0.2, 0.25) is 0 Å². The standard InChI is InChI=1S/C17H22F3N5O2S/c1-28(26,27)24-5-4-14(13(20)9-24)22-17-21-8-16-12(19)7-15(25(16)23-17)10-2-3-11(18)6-10/h7-8,10-11,13-14H,2-6,9H2,1H3,(H,22,23)/t10?,11?,13-,14-/m1/s1. The summed E-state index contributed by atoms with van der Waals surface area (Å²) in [7, 11) is -3.44. The van der Waals surface area contributed by atoms with Gasteiger partial charge in [0.1, 0.15) is 17.9 Å². The number of aromatic nitrogens is 3. The van der Waals surface area contributed by atoms with Crippen LogP contribution in [0.5, 0.6) is 0 Å². The number of halogens is 3. The van der Waals surface area contributed by atoms with Crippen LogP contribution in [0.4, 0.5) is 19.1 Å². The number of piperidine rings is 1. The van der Waals surface area contributed by atoms with Crippen molar-refractivity contribution in [3.63, 3.8) is 0 Å². The van der Waals surface area contributed by atoms with Crippen molar-refractivity contribution in [1.29, 1.82) is 0 Å². The molecule has 2 aromatic heterocycles. The number of rotatable bonds is 4. The lowest BCUT2D eigenvalue weighted by atomic mass is 10.0. The van der Waals surface area contributed by atoms with Crippen molar-refractivity contribution in [1.82, 2.24) is 18.9 Å². The lowest BCUT2D eigenvalue weighted by molar-refractivity contribution is 0.186. The van der Waals surface area contributed by atoms with Gasteiger partial charge < -0.3 is 5.32 Å². The fourth-order valence-corrected chi connectivity index (χ4v) is 4.88. The number of hydrogen-bond acceptors (Lipinski definition) is 5. The number of nitrogens with zero attached hydrogens (tertiary/aromatic N) is 4. The van der Waals surface area contributed by atoms with E-state index in [9.17, 15) is 21.6 Å². The predicted molar refractivity (Wildman–Crippen MR) is 97.8 cm³/mol. The molecule has 11 heteroatoms. The molecule has 2 aromatic rings.